The predicted octanol–water partition coefficient (Wildman–Crippen LogP) is 3.78. The maximum atomic E-state index is 12.2. The Morgan fingerprint density at radius 2 is 1.96 bits per heavy atom. The maximum Gasteiger partial charge on any atom is 0.339 e. The molecule has 1 fully saturated rings. The third-order valence-corrected chi connectivity index (χ3v) is 4.30. The van der Waals surface area contributed by atoms with Crippen molar-refractivity contribution in [3.8, 4) is 6.07 Å². The summed E-state index contributed by atoms with van der Waals surface area (Å²) in [5, 5.41) is 20.1. The van der Waals surface area contributed by atoms with E-state index in [1.165, 1.54) is 24.3 Å². The lowest BCUT2D eigenvalue weighted by molar-refractivity contribution is -0.384. The van der Waals surface area contributed by atoms with Crippen LogP contribution in [0.4, 0.5) is 5.69 Å². The summed E-state index contributed by atoms with van der Waals surface area (Å²) in [5.74, 6) is -0.273. The quantitative estimate of drug-likeness (QED) is 0.365. The number of hydrogen-bond donors (Lipinski definition) is 0. The van der Waals surface area contributed by atoms with Crippen LogP contribution in [0, 0.1) is 27.4 Å². The molecule has 6 heteroatoms. The van der Waals surface area contributed by atoms with Gasteiger partial charge in [-0.2, -0.15) is 5.26 Å². The average Bonchev–Trinajstić information content (AvgIpc) is 2.55. The van der Waals surface area contributed by atoms with Crippen LogP contribution in [-0.4, -0.2) is 16.5 Å². The van der Waals surface area contributed by atoms with Crippen molar-refractivity contribution in [2.75, 3.05) is 0 Å². The fourth-order valence-electron chi connectivity index (χ4n) is 2.77. The van der Waals surface area contributed by atoms with Crippen LogP contribution in [-0.2, 0) is 4.74 Å². The first-order valence-corrected chi connectivity index (χ1v) is 7.41. The Labute approximate surface area is 134 Å². The number of non-ortho nitro benzene ring substituents is 1. The zero-order valence-electron chi connectivity index (χ0n) is 12.9. The SMILES string of the molecule is C=C(C)C1CCC(C#N)(OC(=O)c2ccc([N+](=O)[O-])cc2)CC1. The van der Waals surface area contributed by atoms with E-state index in [4.69, 9.17) is 4.74 Å². The lowest BCUT2D eigenvalue weighted by atomic mass is 9.77. The summed E-state index contributed by atoms with van der Waals surface area (Å²) in [7, 11) is 0. The molecule has 0 spiro atoms. The molecular formula is C17H18N2O4. The first-order chi connectivity index (χ1) is 10.9. The third kappa shape index (κ3) is 3.75. The zero-order valence-corrected chi connectivity index (χ0v) is 12.9. The smallest absolute Gasteiger partial charge is 0.339 e. The van der Waals surface area contributed by atoms with Gasteiger partial charge in [0.15, 0.2) is 5.60 Å². The Morgan fingerprint density at radius 3 is 2.39 bits per heavy atom. The summed E-state index contributed by atoms with van der Waals surface area (Å²) in [4.78, 5) is 22.3. The number of nitro benzene ring substituents is 1. The average molecular weight is 314 g/mol. The summed E-state index contributed by atoms with van der Waals surface area (Å²) in [6.45, 7) is 5.90. The van der Waals surface area contributed by atoms with Gasteiger partial charge in [0.2, 0.25) is 0 Å². The number of nitro groups is 1. The normalized spacial score (nSPS) is 23.6. The molecule has 120 valence electrons. The molecule has 6 nitrogen and oxygen atoms in total. The van der Waals surface area contributed by atoms with Gasteiger partial charge < -0.3 is 4.74 Å². The summed E-state index contributed by atoms with van der Waals surface area (Å²) < 4.78 is 5.44. The molecule has 1 aromatic rings. The van der Waals surface area contributed by atoms with Gasteiger partial charge in [-0.05, 0) is 37.8 Å². The summed E-state index contributed by atoms with van der Waals surface area (Å²) >= 11 is 0. The Balaban J connectivity index is 2.07. The van der Waals surface area contributed by atoms with Crippen molar-refractivity contribution in [2.24, 2.45) is 5.92 Å². The van der Waals surface area contributed by atoms with E-state index in [0.29, 0.717) is 18.8 Å². The van der Waals surface area contributed by atoms with Crippen molar-refractivity contribution in [2.45, 2.75) is 38.2 Å². The molecule has 0 heterocycles. The first kappa shape index (κ1) is 16.7. The molecule has 0 atom stereocenters. The highest BCUT2D eigenvalue weighted by molar-refractivity contribution is 5.90. The van der Waals surface area contributed by atoms with E-state index >= 15 is 0 Å². The monoisotopic (exact) mass is 314 g/mol. The summed E-state index contributed by atoms with van der Waals surface area (Å²) in [6, 6.07) is 7.29. The molecule has 23 heavy (non-hydrogen) atoms. The van der Waals surface area contributed by atoms with E-state index in [9.17, 15) is 20.2 Å². The van der Waals surface area contributed by atoms with Crippen molar-refractivity contribution in [1.82, 2.24) is 0 Å². The van der Waals surface area contributed by atoms with Gasteiger partial charge in [0.25, 0.3) is 5.69 Å². The molecule has 0 bridgehead atoms. The van der Waals surface area contributed by atoms with E-state index < -0.39 is 16.5 Å². The fourth-order valence-corrected chi connectivity index (χ4v) is 2.77. The van der Waals surface area contributed by atoms with Crippen LogP contribution >= 0.6 is 0 Å². The minimum atomic E-state index is -1.12. The number of rotatable bonds is 4. The largest absolute Gasteiger partial charge is 0.440 e. The van der Waals surface area contributed by atoms with E-state index in [2.05, 4.69) is 12.6 Å². The van der Waals surface area contributed by atoms with Gasteiger partial charge in [-0.3, -0.25) is 10.1 Å². The van der Waals surface area contributed by atoms with Crippen LogP contribution in [0.2, 0.25) is 0 Å². The number of allylic oxidation sites excluding steroid dienone is 1. The summed E-state index contributed by atoms with van der Waals surface area (Å²) in [6.07, 6.45) is 2.46. The molecule has 0 unspecified atom stereocenters. The number of esters is 1. The van der Waals surface area contributed by atoms with Crippen molar-refractivity contribution >= 4 is 11.7 Å². The lowest BCUT2D eigenvalue weighted by Gasteiger charge is -2.34. The summed E-state index contributed by atoms with van der Waals surface area (Å²) in [5.41, 5.74) is 0.0640. The predicted molar refractivity (Wildman–Crippen MR) is 83.6 cm³/mol. The molecule has 2 rings (SSSR count). The van der Waals surface area contributed by atoms with Gasteiger partial charge in [0.1, 0.15) is 6.07 Å². The number of nitriles is 1. The van der Waals surface area contributed by atoms with E-state index in [-0.39, 0.29) is 11.3 Å². The van der Waals surface area contributed by atoms with E-state index in [0.717, 1.165) is 18.4 Å². The van der Waals surface area contributed by atoms with Crippen LogP contribution in [0.3, 0.4) is 0 Å². The maximum absolute atomic E-state index is 12.2. The van der Waals surface area contributed by atoms with Crippen LogP contribution in [0.15, 0.2) is 36.4 Å². The Bertz CT molecular complexity index is 665. The molecule has 0 radical (unpaired) electrons. The molecule has 1 saturated carbocycles. The van der Waals surface area contributed by atoms with Gasteiger partial charge in [-0.25, -0.2) is 4.79 Å². The van der Waals surface area contributed by atoms with Crippen LogP contribution in [0.5, 0.6) is 0 Å². The fraction of sp³-hybridized carbons (Fsp3) is 0.412. The second-order valence-corrected chi connectivity index (χ2v) is 5.92. The number of carbonyl (C=O) groups is 1. The molecule has 1 aliphatic rings. The van der Waals surface area contributed by atoms with Crippen LogP contribution in [0.25, 0.3) is 0 Å². The Morgan fingerprint density at radius 1 is 1.39 bits per heavy atom. The second kappa shape index (κ2) is 6.61. The minimum absolute atomic E-state index is 0.0986. The van der Waals surface area contributed by atoms with Crippen molar-refractivity contribution < 1.29 is 14.5 Å². The number of ether oxygens (including phenoxy) is 1. The minimum Gasteiger partial charge on any atom is -0.440 e. The molecule has 1 aromatic carbocycles. The molecule has 1 aliphatic carbocycles. The Hall–Kier alpha value is -2.68. The van der Waals surface area contributed by atoms with Gasteiger partial charge in [0.05, 0.1) is 10.5 Å². The number of carbonyl (C=O) groups excluding carboxylic acids is 1. The standard InChI is InChI=1S/C17H18N2O4/c1-12(2)13-7-9-17(11-18,10-8-13)23-16(20)14-3-5-15(6-4-14)19(21)22/h3-6,13H,1,7-10H2,2H3. The van der Waals surface area contributed by atoms with Gasteiger partial charge in [-0.1, -0.05) is 12.2 Å². The van der Waals surface area contributed by atoms with Crippen molar-refractivity contribution in [3.63, 3.8) is 0 Å². The lowest BCUT2D eigenvalue weighted by Crippen LogP contribution is -2.38. The molecule has 0 amide bonds. The van der Waals surface area contributed by atoms with Gasteiger partial charge in [0, 0.05) is 25.0 Å². The molecule has 0 aliphatic heterocycles. The zero-order chi connectivity index (χ0) is 17.0. The topological polar surface area (TPSA) is 93.2 Å². The third-order valence-electron chi connectivity index (χ3n) is 4.30. The van der Waals surface area contributed by atoms with Crippen LogP contribution in [0.1, 0.15) is 43.0 Å². The van der Waals surface area contributed by atoms with Crippen molar-refractivity contribution in [1.29, 1.82) is 5.26 Å². The number of hydrogen-bond acceptors (Lipinski definition) is 5. The molecule has 0 aromatic heterocycles. The number of nitrogens with zero attached hydrogens (tertiary/aromatic N) is 2. The van der Waals surface area contributed by atoms with Gasteiger partial charge in [-0.15, -0.1) is 0 Å². The Kier molecular flexibility index (Phi) is 4.80. The van der Waals surface area contributed by atoms with Gasteiger partial charge >= 0.3 is 5.97 Å². The van der Waals surface area contributed by atoms with E-state index in [1.807, 2.05) is 6.92 Å². The highest BCUT2D eigenvalue weighted by Crippen LogP contribution is 2.37. The molecule has 0 N–H and O–H groups in total. The number of benzene rings is 1. The van der Waals surface area contributed by atoms with Crippen LogP contribution < -0.4 is 0 Å². The first-order valence-electron chi connectivity index (χ1n) is 7.41. The van der Waals surface area contributed by atoms with Crippen molar-refractivity contribution in [3.05, 3.63) is 52.1 Å². The van der Waals surface area contributed by atoms with E-state index in [1.54, 1.807) is 0 Å². The second-order valence-electron chi connectivity index (χ2n) is 5.92. The molecular weight excluding hydrogens is 296 g/mol. The molecule has 0 saturated heterocycles. The highest BCUT2D eigenvalue weighted by atomic mass is 16.6. The highest BCUT2D eigenvalue weighted by Gasteiger charge is 2.39.